The molecule has 0 saturated carbocycles. The molecule has 0 N–H and O–H groups in total. The van der Waals surface area contributed by atoms with Crippen molar-refractivity contribution in [2.24, 2.45) is 0 Å². The fourth-order valence-electron chi connectivity index (χ4n) is 3.93. The Morgan fingerprint density at radius 3 is 1.74 bits per heavy atom. The first-order valence-electron chi connectivity index (χ1n) is 15.3. The van der Waals surface area contributed by atoms with Gasteiger partial charge in [0.2, 0.25) is 0 Å². The number of quaternary nitrogens is 1. The average molecular weight is 566 g/mol. The number of phosphoric ester groups is 1. The zero-order chi connectivity index (χ0) is 28.5. The lowest BCUT2D eigenvalue weighted by molar-refractivity contribution is -0.870. The molecule has 0 bridgehead atoms. The highest BCUT2D eigenvalue weighted by molar-refractivity contribution is 7.45. The molecular weight excluding hydrogens is 505 g/mol. The fourth-order valence-corrected chi connectivity index (χ4v) is 4.66. The second-order valence-corrected chi connectivity index (χ2v) is 12.9. The minimum absolute atomic E-state index is 0.0255. The van der Waals surface area contributed by atoms with Crippen LogP contribution in [0, 0.1) is 0 Å². The standard InChI is InChI=1S/C29H60NO7P/c1-6-8-10-11-12-13-14-15-16-17-18-19-20-22-29(31)35-26-28(34-24-21-9-7-2)27-37-38(32,33)36-25-23-30(3,4)5/h28H,6-27H2,1-5H3/t28-/m1/s1. The van der Waals surface area contributed by atoms with Gasteiger partial charge < -0.3 is 27.9 Å². The van der Waals surface area contributed by atoms with Gasteiger partial charge in [0.15, 0.2) is 0 Å². The Kier molecular flexibility index (Phi) is 24.0. The molecule has 2 atom stereocenters. The highest BCUT2D eigenvalue weighted by atomic mass is 31.2. The van der Waals surface area contributed by atoms with E-state index in [2.05, 4.69) is 13.8 Å². The van der Waals surface area contributed by atoms with Gasteiger partial charge in [0, 0.05) is 13.0 Å². The van der Waals surface area contributed by atoms with Crippen molar-refractivity contribution in [2.45, 2.75) is 129 Å². The third kappa shape index (κ3) is 27.1. The van der Waals surface area contributed by atoms with Crippen LogP contribution in [0.15, 0.2) is 0 Å². The van der Waals surface area contributed by atoms with E-state index >= 15 is 0 Å². The Balaban J connectivity index is 4.07. The number of hydrogen-bond acceptors (Lipinski definition) is 7. The summed E-state index contributed by atoms with van der Waals surface area (Å²) in [6.07, 6.45) is 19.0. The maximum Gasteiger partial charge on any atom is 0.305 e. The first-order chi connectivity index (χ1) is 18.1. The van der Waals surface area contributed by atoms with Crippen LogP contribution in [0.5, 0.6) is 0 Å². The van der Waals surface area contributed by atoms with Gasteiger partial charge in [-0.2, -0.15) is 0 Å². The van der Waals surface area contributed by atoms with Crippen LogP contribution >= 0.6 is 7.82 Å². The van der Waals surface area contributed by atoms with Crippen molar-refractivity contribution in [3.8, 4) is 0 Å². The minimum atomic E-state index is -4.45. The number of esters is 1. The number of phosphoric acid groups is 1. The maximum absolute atomic E-state index is 12.2. The van der Waals surface area contributed by atoms with Crippen molar-refractivity contribution in [1.82, 2.24) is 0 Å². The van der Waals surface area contributed by atoms with Crippen molar-refractivity contribution in [2.75, 3.05) is 54.1 Å². The molecule has 0 spiro atoms. The number of rotatable bonds is 28. The number of carbonyl (C=O) groups is 1. The third-order valence-electron chi connectivity index (χ3n) is 6.45. The first kappa shape index (κ1) is 37.5. The van der Waals surface area contributed by atoms with Crippen LogP contribution in [-0.2, 0) is 27.9 Å². The molecule has 0 aromatic heterocycles. The molecule has 0 radical (unpaired) electrons. The van der Waals surface area contributed by atoms with E-state index in [1.165, 1.54) is 64.2 Å². The summed E-state index contributed by atoms with van der Waals surface area (Å²) in [4.78, 5) is 24.3. The third-order valence-corrected chi connectivity index (χ3v) is 7.41. The largest absolute Gasteiger partial charge is 0.756 e. The molecular formula is C29H60NO7P. The van der Waals surface area contributed by atoms with Crippen LogP contribution in [0.1, 0.15) is 123 Å². The SMILES string of the molecule is CCCCCCCCCCCCCCCC(=O)OC[C@H](COP(=O)([O-])OCC[N+](C)(C)C)OCCCCC. The lowest BCUT2D eigenvalue weighted by Gasteiger charge is -2.28. The molecule has 0 fully saturated rings. The quantitative estimate of drug-likeness (QED) is 0.0446. The topological polar surface area (TPSA) is 94.1 Å². The zero-order valence-electron chi connectivity index (χ0n) is 25.4. The van der Waals surface area contributed by atoms with Gasteiger partial charge in [0.1, 0.15) is 25.9 Å². The Labute approximate surface area is 234 Å². The lowest BCUT2D eigenvalue weighted by Crippen LogP contribution is -2.37. The van der Waals surface area contributed by atoms with Crippen LogP contribution in [0.2, 0.25) is 0 Å². The van der Waals surface area contributed by atoms with Gasteiger partial charge in [-0.15, -0.1) is 0 Å². The molecule has 0 aliphatic rings. The van der Waals surface area contributed by atoms with Gasteiger partial charge in [0.25, 0.3) is 7.82 Å². The van der Waals surface area contributed by atoms with Crippen molar-refractivity contribution in [3.05, 3.63) is 0 Å². The highest BCUT2D eigenvalue weighted by Crippen LogP contribution is 2.38. The summed E-state index contributed by atoms with van der Waals surface area (Å²) < 4.78 is 33.8. The Hall–Kier alpha value is -0.500. The molecule has 0 aromatic carbocycles. The van der Waals surface area contributed by atoms with E-state index in [4.69, 9.17) is 18.5 Å². The smallest absolute Gasteiger partial charge is 0.305 e. The molecule has 228 valence electrons. The summed E-state index contributed by atoms with van der Waals surface area (Å²) in [5.74, 6) is -0.278. The summed E-state index contributed by atoms with van der Waals surface area (Å²) in [5.41, 5.74) is 0. The van der Waals surface area contributed by atoms with E-state index in [0.717, 1.165) is 38.5 Å². The molecule has 0 aromatic rings. The van der Waals surface area contributed by atoms with Crippen LogP contribution < -0.4 is 4.89 Å². The summed E-state index contributed by atoms with van der Waals surface area (Å²) in [7, 11) is 1.40. The van der Waals surface area contributed by atoms with E-state index < -0.39 is 13.9 Å². The number of unbranched alkanes of at least 4 members (excludes halogenated alkanes) is 14. The van der Waals surface area contributed by atoms with E-state index in [0.29, 0.717) is 24.1 Å². The number of nitrogens with zero attached hydrogens (tertiary/aromatic N) is 1. The van der Waals surface area contributed by atoms with Gasteiger partial charge in [-0.1, -0.05) is 104 Å². The maximum atomic E-state index is 12.2. The van der Waals surface area contributed by atoms with Gasteiger partial charge in [-0.05, 0) is 12.8 Å². The van der Waals surface area contributed by atoms with Gasteiger partial charge in [0.05, 0.1) is 27.7 Å². The van der Waals surface area contributed by atoms with Crippen molar-refractivity contribution >= 4 is 13.8 Å². The van der Waals surface area contributed by atoms with Crippen molar-refractivity contribution in [3.63, 3.8) is 0 Å². The van der Waals surface area contributed by atoms with Gasteiger partial charge in [-0.3, -0.25) is 9.36 Å². The summed E-state index contributed by atoms with van der Waals surface area (Å²) in [6, 6.07) is 0. The van der Waals surface area contributed by atoms with Crippen LogP contribution in [0.4, 0.5) is 0 Å². The van der Waals surface area contributed by atoms with Crippen molar-refractivity contribution in [1.29, 1.82) is 0 Å². The fraction of sp³-hybridized carbons (Fsp3) is 0.966. The zero-order valence-corrected chi connectivity index (χ0v) is 26.3. The number of hydrogen-bond donors (Lipinski definition) is 0. The molecule has 0 aliphatic heterocycles. The molecule has 8 nitrogen and oxygen atoms in total. The molecule has 9 heteroatoms. The van der Waals surface area contributed by atoms with E-state index in [-0.39, 0.29) is 25.8 Å². The molecule has 1 unspecified atom stereocenters. The van der Waals surface area contributed by atoms with Crippen LogP contribution in [-0.4, -0.2) is 70.7 Å². The first-order valence-corrected chi connectivity index (χ1v) is 16.7. The second-order valence-electron chi connectivity index (χ2n) is 11.5. The van der Waals surface area contributed by atoms with Gasteiger partial charge >= 0.3 is 5.97 Å². The summed E-state index contributed by atoms with van der Waals surface area (Å²) in [5, 5.41) is 0. The minimum Gasteiger partial charge on any atom is -0.756 e. The Bertz CT molecular complexity index is 598. The number of ether oxygens (including phenoxy) is 2. The molecule has 38 heavy (non-hydrogen) atoms. The molecule has 0 heterocycles. The molecule has 0 amide bonds. The average Bonchev–Trinajstić information content (AvgIpc) is 2.84. The van der Waals surface area contributed by atoms with Gasteiger partial charge in [-0.25, -0.2) is 0 Å². The predicted octanol–water partition coefficient (Wildman–Crippen LogP) is 6.79. The number of carbonyl (C=O) groups excluding carboxylic acids is 1. The van der Waals surface area contributed by atoms with Crippen LogP contribution in [0.3, 0.4) is 0 Å². The predicted molar refractivity (Wildman–Crippen MR) is 153 cm³/mol. The van der Waals surface area contributed by atoms with Crippen LogP contribution in [0.25, 0.3) is 0 Å². The number of likely N-dealkylation sites (N-methyl/N-ethyl adjacent to an activating group) is 1. The normalized spacial score (nSPS) is 14.4. The monoisotopic (exact) mass is 565 g/mol. The Morgan fingerprint density at radius 2 is 1.21 bits per heavy atom. The molecule has 0 rings (SSSR count). The second kappa shape index (κ2) is 24.3. The van der Waals surface area contributed by atoms with E-state index in [1.54, 1.807) is 0 Å². The van der Waals surface area contributed by atoms with E-state index in [9.17, 15) is 14.3 Å². The summed E-state index contributed by atoms with van der Waals surface area (Å²) in [6.45, 7) is 5.13. The highest BCUT2D eigenvalue weighted by Gasteiger charge is 2.19. The van der Waals surface area contributed by atoms with Crippen molar-refractivity contribution < 1.29 is 37.3 Å². The lowest BCUT2D eigenvalue weighted by atomic mass is 10.0. The summed E-state index contributed by atoms with van der Waals surface area (Å²) >= 11 is 0. The molecule has 0 aliphatic carbocycles. The van der Waals surface area contributed by atoms with E-state index in [1.807, 2.05) is 21.1 Å². The molecule has 0 saturated heterocycles. The Morgan fingerprint density at radius 1 is 0.711 bits per heavy atom.